The van der Waals surface area contributed by atoms with Crippen molar-refractivity contribution in [3.8, 4) is 0 Å². The molecule has 1 atom stereocenters. The summed E-state index contributed by atoms with van der Waals surface area (Å²) in [4.78, 5) is 0. The molecule has 0 aromatic heterocycles. The predicted octanol–water partition coefficient (Wildman–Crippen LogP) is 3.16. The molecule has 0 saturated carbocycles. The van der Waals surface area contributed by atoms with E-state index in [2.05, 4.69) is 20.8 Å². The van der Waals surface area contributed by atoms with Crippen molar-refractivity contribution in [3.63, 3.8) is 0 Å². The van der Waals surface area contributed by atoms with Crippen LogP contribution in [0.4, 0.5) is 0 Å². The molecule has 0 unspecified atom stereocenters. The summed E-state index contributed by atoms with van der Waals surface area (Å²) in [7, 11) is 0. The van der Waals surface area contributed by atoms with Crippen LogP contribution in [0.1, 0.15) is 38.9 Å². The average Bonchev–Trinajstić information content (AvgIpc) is 2.03. The Balaban J connectivity index is 2.64. The SMILES string of the molecule is CC(C)(C)C[C@@H](O)c1ccccc1. The molecule has 0 saturated heterocycles. The van der Waals surface area contributed by atoms with Crippen LogP contribution in [0, 0.1) is 5.41 Å². The summed E-state index contributed by atoms with van der Waals surface area (Å²) in [5.41, 5.74) is 1.19. The molecule has 0 fully saturated rings. The van der Waals surface area contributed by atoms with Crippen molar-refractivity contribution in [2.24, 2.45) is 5.41 Å². The second-order valence-electron chi connectivity index (χ2n) is 4.69. The fraction of sp³-hybridized carbons (Fsp3) is 0.500. The van der Waals surface area contributed by atoms with Crippen LogP contribution in [-0.2, 0) is 0 Å². The molecular weight excluding hydrogens is 160 g/mol. The molecule has 13 heavy (non-hydrogen) atoms. The van der Waals surface area contributed by atoms with E-state index in [1.54, 1.807) is 0 Å². The van der Waals surface area contributed by atoms with Gasteiger partial charge in [-0.05, 0) is 17.4 Å². The molecule has 0 bridgehead atoms. The van der Waals surface area contributed by atoms with Crippen LogP contribution in [0.3, 0.4) is 0 Å². The number of aliphatic hydroxyl groups excluding tert-OH is 1. The van der Waals surface area contributed by atoms with Crippen LogP contribution >= 0.6 is 0 Å². The lowest BCUT2D eigenvalue weighted by Crippen LogP contribution is -2.11. The first-order valence-corrected chi connectivity index (χ1v) is 4.72. The quantitative estimate of drug-likeness (QED) is 0.737. The van der Waals surface area contributed by atoms with E-state index in [1.807, 2.05) is 30.3 Å². The van der Waals surface area contributed by atoms with Gasteiger partial charge in [0, 0.05) is 0 Å². The van der Waals surface area contributed by atoms with Gasteiger partial charge in [-0.3, -0.25) is 0 Å². The van der Waals surface area contributed by atoms with Gasteiger partial charge in [0.15, 0.2) is 0 Å². The first kappa shape index (κ1) is 10.3. The van der Waals surface area contributed by atoms with Crippen LogP contribution in [-0.4, -0.2) is 5.11 Å². The number of hydrogen-bond donors (Lipinski definition) is 1. The van der Waals surface area contributed by atoms with Gasteiger partial charge in [0.2, 0.25) is 0 Å². The van der Waals surface area contributed by atoms with Crippen LogP contribution in [0.5, 0.6) is 0 Å². The normalized spacial score (nSPS) is 14.2. The van der Waals surface area contributed by atoms with Gasteiger partial charge in [-0.15, -0.1) is 0 Å². The Kier molecular flexibility index (Phi) is 3.10. The molecule has 1 N–H and O–H groups in total. The first-order valence-electron chi connectivity index (χ1n) is 4.72. The third-order valence-corrected chi connectivity index (χ3v) is 1.99. The number of benzene rings is 1. The molecule has 0 amide bonds. The Bertz CT molecular complexity index is 246. The van der Waals surface area contributed by atoms with E-state index in [0.717, 1.165) is 12.0 Å². The number of aliphatic hydroxyl groups is 1. The Morgan fingerprint density at radius 2 is 1.69 bits per heavy atom. The highest BCUT2D eigenvalue weighted by molar-refractivity contribution is 5.17. The molecule has 1 aromatic carbocycles. The van der Waals surface area contributed by atoms with E-state index in [0.29, 0.717) is 0 Å². The third-order valence-electron chi connectivity index (χ3n) is 1.99. The fourth-order valence-corrected chi connectivity index (χ4v) is 1.37. The summed E-state index contributed by atoms with van der Waals surface area (Å²) in [6.45, 7) is 6.41. The van der Waals surface area contributed by atoms with Gasteiger partial charge in [-0.1, -0.05) is 51.1 Å². The van der Waals surface area contributed by atoms with Crippen molar-refractivity contribution in [3.05, 3.63) is 35.9 Å². The van der Waals surface area contributed by atoms with Crippen molar-refractivity contribution < 1.29 is 5.11 Å². The van der Waals surface area contributed by atoms with Crippen LogP contribution in [0.15, 0.2) is 30.3 Å². The fourth-order valence-electron chi connectivity index (χ4n) is 1.37. The highest BCUT2D eigenvalue weighted by Gasteiger charge is 2.17. The van der Waals surface area contributed by atoms with E-state index in [4.69, 9.17) is 0 Å². The van der Waals surface area contributed by atoms with Crippen LogP contribution in [0.2, 0.25) is 0 Å². The molecular formula is C12H18O. The maximum absolute atomic E-state index is 9.86. The monoisotopic (exact) mass is 178 g/mol. The lowest BCUT2D eigenvalue weighted by atomic mass is 9.87. The minimum atomic E-state index is -0.332. The summed E-state index contributed by atoms with van der Waals surface area (Å²) >= 11 is 0. The topological polar surface area (TPSA) is 20.2 Å². The summed E-state index contributed by atoms with van der Waals surface area (Å²) in [6.07, 6.45) is 0.470. The van der Waals surface area contributed by atoms with E-state index in [-0.39, 0.29) is 11.5 Å². The number of hydrogen-bond acceptors (Lipinski definition) is 1. The maximum atomic E-state index is 9.86. The maximum Gasteiger partial charge on any atom is 0.0795 e. The average molecular weight is 178 g/mol. The first-order chi connectivity index (χ1) is 5.99. The van der Waals surface area contributed by atoms with Gasteiger partial charge >= 0.3 is 0 Å². The van der Waals surface area contributed by atoms with Gasteiger partial charge in [0.1, 0.15) is 0 Å². The molecule has 0 radical (unpaired) electrons. The van der Waals surface area contributed by atoms with Crippen molar-refractivity contribution in [2.75, 3.05) is 0 Å². The smallest absolute Gasteiger partial charge is 0.0795 e. The zero-order chi connectivity index (χ0) is 9.90. The molecule has 0 aliphatic rings. The van der Waals surface area contributed by atoms with E-state index in [9.17, 15) is 5.11 Å². The molecule has 0 aliphatic heterocycles. The Morgan fingerprint density at radius 3 is 2.15 bits per heavy atom. The van der Waals surface area contributed by atoms with E-state index >= 15 is 0 Å². The van der Waals surface area contributed by atoms with Crippen LogP contribution in [0.25, 0.3) is 0 Å². The third kappa shape index (κ3) is 3.60. The second kappa shape index (κ2) is 3.93. The van der Waals surface area contributed by atoms with Gasteiger partial charge in [-0.25, -0.2) is 0 Å². The Labute approximate surface area is 80.4 Å². The van der Waals surface area contributed by atoms with E-state index in [1.165, 1.54) is 0 Å². The van der Waals surface area contributed by atoms with Crippen molar-refractivity contribution in [2.45, 2.75) is 33.3 Å². The summed E-state index contributed by atoms with van der Waals surface area (Å²) in [5, 5.41) is 9.86. The molecule has 72 valence electrons. The highest BCUT2D eigenvalue weighted by Crippen LogP contribution is 2.28. The van der Waals surface area contributed by atoms with Crippen molar-refractivity contribution in [1.29, 1.82) is 0 Å². The highest BCUT2D eigenvalue weighted by atomic mass is 16.3. The lowest BCUT2D eigenvalue weighted by molar-refractivity contribution is 0.122. The van der Waals surface area contributed by atoms with Gasteiger partial charge in [-0.2, -0.15) is 0 Å². The zero-order valence-corrected chi connectivity index (χ0v) is 8.62. The molecule has 0 heterocycles. The predicted molar refractivity (Wildman–Crippen MR) is 55.5 cm³/mol. The van der Waals surface area contributed by atoms with Gasteiger partial charge < -0.3 is 5.11 Å². The van der Waals surface area contributed by atoms with E-state index < -0.39 is 0 Å². The second-order valence-corrected chi connectivity index (χ2v) is 4.69. The minimum absolute atomic E-state index is 0.176. The van der Waals surface area contributed by atoms with Crippen molar-refractivity contribution in [1.82, 2.24) is 0 Å². The Morgan fingerprint density at radius 1 is 1.15 bits per heavy atom. The zero-order valence-electron chi connectivity index (χ0n) is 8.62. The Hall–Kier alpha value is -0.820. The van der Waals surface area contributed by atoms with Crippen molar-refractivity contribution >= 4 is 0 Å². The summed E-state index contributed by atoms with van der Waals surface area (Å²) in [6, 6.07) is 9.82. The lowest BCUT2D eigenvalue weighted by Gasteiger charge is -2.22. The molecule has 1 aromatic rings. The molecule has 0 spiro atoms. The molecule has 1 rings (SSSR count). The largest absolute Gasteiger partial charge is 0.388 e. The molecule has 0 aliphatic carbocycles. The summed E-state index contributed by atoms with van der Waals surface area (Å²) < 4.78 is 0. The van der Waals surface area contributed by atoms with Gasteiger partial charge in [0.05, 0.1) is 6.10 Å². The molecule has 1 nitrogen and oxygen atoms in total. The summed E-state index contributed by atoms with van der Waals surface area (Å²) in [5.74, 6) is 0. The number of rotatable bonds is 2. The van der Waals surface area contributed by atoms with Crippen LogP contribution < -0.4 is 0 Å². The van der Waals surface area contributed by atoms with Gasteiger partial charge in [0.25, 0.3) is 0 Å². The minimum Gasteiger partial charge on any atom is -0.388 e. The standard InChI is InChI=1S/C12H18O/c1-12(2,3)9-11(13)10-7-5-4-6-8-10/h4-8,11,13H,9H2,1-3H3/t11-/m1/s1. The molecule has 1 heteroatoms.